The molecule has 1 amide bonds. The van der Waals surface area contributed by atoms with E-state index < -0.39 is 6.04 Å². The molecule has 0 aromatic carbocycles. The first-order valence-electron chi connectivity index (χ1n) is 6.37. The maximum Gasteiger partial charge on any atom is 0.239 e. The van der Waals surface area contributed by atoms with Crippen LogP contribution in [0.25, 0.3) is 0 Å². The van der Waals surface area contributed by atoms with E-state index in [-0.39, 0.29) is 12.5 Å². The van der Waals surface area contributed by atoms with Gasteiger partial charge in [-0.25, -0.2) is 0 Å². The average Bonchev–Trinajstić information content (AvgIpc) is 2.35. The molecule has 1 aliphatic rings. The molecule has 1 rings (SSSR count). The number of nitrogens with zero attached hydrogens (tertiary/aromatic N) is 1. The van der Waals surface area contributed by atoms with Crippen LogP contribution in [-0.4, -0.2) is 41.1 Å². The monoisotopic (exact) mass is 228 g/mol. The summed E-state index contributed by atoms with van der Waals surface area (Å²) in [4.78, 5) is 13.9. The van der Waals surface area contributed by atoms with Gasteiger partial charge in [0.25, 0.3) is 0 Å². The quantitative estimate of drug-likeness (QED) is 0.734. The number of carbonyl (C=O) groups excluding carboxylic acids is 1. The molecule has 3 N–H and O–H groups in total. The van der Waals surface area contributed by atoms with Crippen molar-refractivity contribution in [2.45, 2.75) is 57.5 Å². The second-order valence-corrected chi connectivity index (χ2v) is 4.56. The minimum atomic E-state index is -0.409. The maximum absolute atomic E-state index is 12.1. The Bertz CT molecular complexity index is 215. The Morgan fingerprint density at radius 2 is 2.06 bits per heavy atom. The summed E-state index contributed by atoms with van der Waals surface area (Å²) >= 11 is 0. The fourth-order valence-electron chi connectivity index (χ4n) is 2.36. The topological polar surface area (TPSA) is 66.6 Å². The number of nitrogens with two attached hydrogens (primary N) is 1. The Labute approximate surface area is 97.8 Å². The number of rotatable bonds is 5. The highest BCUT2D eigenvalue weighted by atomic mass is 16.3. The van der Waals surface area contributed by atoms with Crippen LogP contribution in [0, 0.1) is 0 Å². The molecule has 0 unspecified atom stereocenters. The van der Waals surface area contributed by atoms with Gasteiger partial charge in [-0.3, -0.25) is 4.79 Å². The summed E-state index contributed by atoms with van der Waals surface area (Å²) in [5.74, 6) is 0.00319. The van der Waals surface area contributed by atoms with Gasteiger partial charge in [-0.2, -0.15) is 0 Å². The molecule has 0 saturated heterocycles. The molecule has 0 radical (unpaired) electrons. The van der Waals surface area contributed by atoms with Gasteiger partial charge in [0.2, 0.25) is 5.91 Å². The lowest BCUT2D eigenvalue weighted by Gasteiger charge is -2.35. The summed E-state index contributed by atoms with van der Waals surface area (Å²) in [6.45, 7) is 2.37. The van der Waals surface area contributed by atoms with E-state index in [1.165, 1.54) is 19.3 Å². The summed E-state index contributed by atoms with van der Waals surface area (Å²) in [7, 11) is 0. The van der Waals surface area contributed by atoms with Crippen molar-refractivity contribution in [1.29, 1.82) is 0 Å². The molecular formula is C12H24N2O2. The summed E-state index contributed by atoms with van der Waals surface area (Å²) in [5, 5.41) is 9.04. The van der Waals surface area contributed by atoms with Gasteiger partial charge in [0.15, 0.2) is 0 Å². The molecule has 94 valence electrons. The number of hydrogen-bond acceptors (Lipinski definition) is 3. The predicted molar refractivity (Wildman–Crippen MR) is 63.9 cm³/mol. The second-order valence-electron chi connectivity index (χ2n) is 4.56. The molecule has 0 aromatic rings. The third-order valence-corrected chi connectivity index (χ3v) is 3.40. The van der Waals surface area contributed by atoms with Gasteiger partial charge in [-0.05, 0) is 19.3 Å². The van der Waals surface area contributed by atoms with E-state index in [0.717, 1.165) is 12.8 Å². The van der Waals surface area contributed by atoms with Crippen LogP contribution >= 0.6 is 0 Å². The van der Waals surface area contributed by atoms with Crippen molar-refractivity contribution in [3.63, 3.8) is 0 Å². The standard InChI is InChI=1S/C12H24N2O2/c1-2-11(13)12(16)14(8-9-15)10-6-4-3-5-7-10/h10-11,15H,2-9,13H2,1H3/t11-/m1/s1. The third kappa shape index (κ3) is 3.46. The zero-order chi connectivity index (χ0) is 12.0. The van der Waals surface area contributed by atoms with Crippen LogP contribution in [-0.2, 0) is 4.79 Å². The van der Waals surface area contributed by atoms with Gasteiger partial charge in [-0.1, -0.05) is 26.2 Å². The Hall–Kier alpha value is -0.610. The van der Waals surface area contributed by atoms with Crippen LogP contribution in [0.5, 0.6) is 0 Å². The van der Waals surface area contributed by atoms with Crippen LogP contribution in [0.4, 0.5) is 0 Å². The molecule has 0 aliphatic heterocycles. The minimum absolute atomic E-state index is 0.00319. The van der Waals surface area contributed by atoms with Gasteiger partial charge in [0.1, 0.15) is 0 Å². The van der Waals surface area contributed by atoms with E-state index >= 15 is 0 Å². The molecule has 4 nitrogen and oxygen atoms in total. The van der Waals surface area contributed by atoms with Crippen LogP contribution in [0.3, 0.4) is 0 Å². The molecule has 1 atom stereocenters. The van der Waals surface area contributed by atoms with E-state index in [1.807, 2.05) is 6.92 Å². The number of aliphatic hydroxyl groups excluding tert-OH is 1. The summed E-state index contributed by atoms with van der Waals surface area (Å²) < 4.78 is 0. The van der Waals surface area contributed by atoms with Gasteiger partial charge in [0.05, 0.1) is 12.6 Å². The van der Waals surface area contributed by atoms with E-state index in [2.05, 4.69) is 0 Å². The maximum atomic E-state index is 12.1. The normalized spacial score (nSPS) is 19.4. The molecule has 0 heterocycles. The fourth-order valence-corrected chi connectivity index (χ4v) is 2.36. The van der Waals surface area contributed by atoms with Gasteiger partial charge >= 0.3 is 0 Å². The first-order valence-corrected chi connectivity index (χ1v) is 6.37. The zero-order valence-corrected chi connectivity index (χ0v) is 10.2. The van der Waals surface area contributed by atoms with E-state index in [1.54, 1.807) is 4.90 Å². The first kappa shape index (κ1) is 13.5. The smallest absolute Gasteiger partial charge is 0.239 e. The number of carbonyl (C=O) groups is 1. The van der Waals surface area contributed by atoms with E-state index in [0.29, 0.717) is 19.0 Å². The molecule has 1 fully saturated rings. The van der Waals surface area contributed by atoms with Crippen molar-refractivity contribution in [2.75, 3.05) is 13.2 Å². The number of aliphatic hydroxyl groups is 1. The number of amides is 1. The van der Waals surface area contributed by atoms with Crippen molar-refractivity contribution in [3.05, 3.63) is 0 Å². The Balaban J connectivity index is 2.60. The molecule has 0 bridgehead atoms. The molecule has 1 saturated carbocycles. The van der Waals surface area contributed by atoms with Crippen molar-refractivity contribution in [2.24, 2.45) is 5.73 Å². The van der Waals surface area contributed by atoms with Crippen LogP contribution in [0.1, 0.15) is 45.4 Å². The molecular weight excluding hydrogens is 204 g/mol. The highest BCUT2D eigenvalue weighted by Crippen LogP contribution is 2.23. The average molecular weight is 228 g/mol. The largest absolute Gasteiger partial charge is 0.395 e. The van der Waals surface area contributed by atoms with Crippen molar-refractivity contribution in [1.82, 2.24) is 4.90 Å². The van der Waals surface area contributed by atoms with Crippen molar-refractivity contribution >= 4 is 5.91 Å². The molecule has 16 heavy (non-hydrogen) atoms. The lowest BCUT2D eigenvalue weighted by molar-refractivity contribution is -0.136. The first-order chi connectivity index (χ1) is 7.70. The summed E-state index contributed by atoms with van der Waals surface area (Å²) in [6, 6.07) is -0.112. The molecule has 0 aromatic heterocycles. The van der Waals surface area contributed by atoms with Gasteiger partial charge in [0, 0.05) is 12.6 Å². The van der Waals surface area contributed by atoms with E-state index in [9.17, 15) is 4.79 Å². The second kappa shape index (κ2) is 6.86. The fraction of sp³-hybridized carbons (Fsp3) is 0.917. The van der Waals surface area contributed by atoms with E-state index in [4.69, 9.17) is 10.8 Å². The van der Waals surface area contributed by atoms with Crippen LogP contribution in [0.2, 0.25) is 0 Å². The number of hydrogen-bond donors (Lipinski definition) is 2. The van der Waals surface area contributed by atoms with Crippen molar-refractivity contribution in [3.8, 4) is 0 Å². The lowest BCUT2D eigenvalue weighted by atomic mass is 9.93. The molecule has 0 spiro atoms. The Morgan fingerprint density at radius 1 is 1.44 bits per heavy atom. The zero-order valence-electron chi connectivity index (χ0n) is 10.2. The predicted octanol–water partition coefficient (Wildman–Crippen LogP) is 0.877. The van der Waals surface area contributed by atoms with Gasteiger partial charge in [-0.15, -0.1) is 0 Å². The van der Waals surface area contributed by atoms with Gasteiger partial charge < -0.3 is 15.7 Å². The lowest BCUT2D eigenvalue weighted by Crippen LogP contribution is -2.50. The van der Waals surface area contributed by atoms with Crippen LogP contribution in [0.15, 0.2) is 0 Å². The molecule has 1 aliphatic carbocycles. The van der Waals surface area contributed by atoms with Crippen LogP contribution < -0.4 is 5.73 Å². The Kier molecular flexibility index (Phi) is 5.77. The highest BCUT2D eigenvalue weighted by molar-refractivity contribution is 5.81. The summed E-state index contributed by atoms with van der Waals surface area (Å²) in [5.41, 5.74) is 5.78. The minimum Gasteiger partial charge on any atom is -0.395 e. The summed E-state index contributed by atoms with van der Waals surface area (Å²) in [6.07, 6.45) is 6.40. The highest BCUT2D eigenvalue weighted by Gasteiger charge is 2.27. The SMILES string of the molecule is CC[C@@H](N)C(=O)N(CCO)C1CCCCC1. The molecule has 4 heteroatoms. The van der Waals surface area contributed by atoms with Crippen molar-refractivity contribution < 1.29 is 9.90 Å². The Morgan fingerprint density at radius 3 is 2.56 bits per heavy atom. The third-order valence-electron chi connectivity index (χ3n) is 3.40.